The third-order valence-corrected chi connectivity index (χ3v) is 4.42. The van der Waals surface area contributed by atoms with Crippen LogP contribution in [0.25, 0.3) is 0 Å². The summed E-state index contributed by atoms with van der Waals surface area (Å²) in [5.41, 5.74) is 0. The Balaban J connectivity index is 2.07. The van der Waals surface area contributed by atoms with Crippen molar-refractivity contribution in [3.05, 3.63) is 11.9 Å². The lowest BCUT2D eigenvalue weighted by Crippen LogP contribution is -2.29. The van der Waals surface area contributed by atoms with Crippen LogP contribution in [-0.4, -0.2) is 22.6 Å². The Labute approximate surface area is 128 Å². The summed E-state index contributed by atoms with van der Waals surface area (Å²) in [7, 11) is 0. The van der Waals surface area contributed by atoms with Gasteiger partial charge < -0.3 is 10.1 Å². The van der Waals surface area contributed by atoms with Crippen LogP contribution in [0, 0.1) is 11.8 Å². The number of aromatic nitrogens is 2. The Morgan fingerprint density at radius 1 is 1.19 bits per heavy atom. The lowest BCUT2D eigenvalue weighted by atomic mass is 9.80. The van der Waals surface area contributed by atoms with Gasteiger partial charge in [0.05, 0.1) is 0 Å². The molecule has 0 bridgehead atoms. The predicted octanol–water partition coefficient (Wildman–Crippen LogP) is 4.06. The molecule has 0 aromatic carbocycles. The van der Waals surface area contributed by atoms with Gasteiger partial charge in [-0.2, -0.15) is 4.98 Å². The molecule has 1 aromatic heterocycles. The molecule has 21 heavy (non-hydrogen) atoms. The number of nitrogens with zero attached hydrogens (tertiary/aromatic N) is 2. The van der Waals surface area contributed by atoms with E-state index in [0.717, 1.165) is 61.6 Å². The van der Waals surface area contributed by atoms with Gasteiger partial charge in [-0.1, -0.05) is 20.8 Å². The molecule has 1 aromatic rings. The zero-order valence-corrected chi connectivity index (χ0v) is 13.9. The maximum Gasteiger partial charge on any atom is 0.218 e. The Kier molecular flexibility index (Phi) is 5.83. The molecule has 1 fully saturated rings. The number of rotatable bonds is 6. The van der Waals surface area contributed by atoms with E-state index in [1.165, 1.54) is 6.42 Å². The first kappa shape index (κ1) is 16.1. The average Bonchev–Trinajstić information content (AvgIpc) is 2.43. The van der Waals surface area contributed by atoms with Gasteiger partial charge in [0.1, 0.15) is 17.7 Å². The maximum atomic E-state index is 6.16. The third kappa shape index (κ3) is 4.58. The second-order valence-corrected chi connectivity index (χ2v) is 6.30. The summed E-state index contributed by atoms with van der Waals surface area (Å²) >= 11 is 0. The molecule has 1 N–H and O–H groups in total. The first-order valence-corrected chi connectivity index (χ1v) is 8.40. The van der Waals surface area contributed by atoms with E-state index in [0.29, 0.717) is 6.10 Å². The van der Waals surface area contributed by atoms with E-state index >= 15 is 0 Å². The number of anilines is 1. The van der Waals surface area contributed by atoms with Crippen molar-refractivity contribution >= 4 is 5.82 Å². The Morgan fingerprint density at radius 3 is 2.67 bits per heavy atom. The Hall–Kier alpha value is -1.32. The molecule has 118 valence electrons. The molecular weight excluding hydrogens is 262 g/mol. The van der Waals surface area contributed by atoms with Crippen LogP contribution >= 0.6 is 0 Å². The van der Waals surface area contributed by atoms with Gasteiger partial charge in [0.25, 0.3) is 0 Å². The summed E-state index contributed by atoms with van der Waals surface area (Å²) in [6, 6.07) is 1.94. The summed E-state index contributed by atoms with van der Waals surface area (Å²) in [6.45, 7) is 9.75. The summed E-state index contributed by atoms with van der Waals surface area (Å²) in [6.07, 6.45) is 5.76. The highest BCUT2D eigenvalue weighted by molar-refractivity contribution is 5.38. The van der Waals surface area contributed by atoms with Gasteiger partial charge in [0, 0.05) is 19.0 Å². The summed E-state index contributed by atoms with van der Waals surface area (Å²) in [5.74, 6) is 4.03. The van der Waals surface area contributed by atoms with Gasteiger partial charge in [-0.3, -0.25) is 0 Å². The molecule has 1 heterocycles. The van der Waals surface area contributed by atoms with E-state index in [1.807, 2.05) is 6.07 Å². The molecule has 2 rings (SSSR count). The molecule has 3 unspecified atom stereocenters. The monoisotopic (exact) mass is 291 g/mol. The van der Waals surface area contributed by atoms with Crippen LogP contribution in [0.15, 0.2) is 6.07 Å². The number of nitrogens with one attached hydrogen (secondary N) is 1. The van der Waals surface area contributed by atoms with Gasteiger partial charge in [-0.15, -0.1) is 0 Å². The smallest absolute Gasteiger partial charge is 0.218 e. The highest BCUT2D eigenvalue weighted by atomic mass is 16.5. The molecule has 4 nitrogen and oxygen atoms in total. The van der Waals surface area contributed by atoms with Gasteiger partial charge in [-0.25, -0.2) is 4.98 Å². The van der Waals surface area contributed by atoms with E-state index in [-0.39, 0.29) is 0 Å². The largest absolute Gasteiger partial charge is 0.474 e. The number of aryl methyl sites for hydroxylation is 1. The first-order valence-electron chi connectivity index (χ1n) is 8.40. The van der Waals surface area contributed by atoms with Crippen molar-refractivity contribution in [1.29, 1.82) is 0 Å². The van der Waals surface area contributed by atoms with Crippen LogP contribution in [0.4, 0.5) is 5.82 Å². The fraction of sp³-hybridized carbons (Fsp3) is 0.765. The van der Waals surface area contributed by atoms with Crippen LogP contribution < -0.4 is 10.1 Å². The SMILES string of the molecule is CCCc1nc(NCC)cc(OC2CCC(C)C(C)C2)n1. The Morgan fingerprint density at radius 2 is 2.00 bits per heavy atom. The number of ether oxygens (including phenoxy) is 1. The first-order chi connectivity index (χ1) is 10.1. The number of hydrogen-bond donors (Lipinski definition) is 1. The fourth-order valence-corrected chi connectivity index (χ4v) is 2.92. The van der Waals surface area contributed by atoms with Crippen LogP contribution in [0.5, 0.6) is 5.88 Å². The second kappa shape index (κ2) is 7.62. The minimum Gasteiger partial charge on any atom is -0.474 e. The fourth-order valence-electron chi connectivity index (χ4n) is 2.92. The van der Waals surface area contributed by atoms with Crippen LogP contribution in [-0.2, 0) is 6.42 Å². The van der Waals surface area contributed by atoms with Crippen molar-refractivity contribution in [2.24, 2.45) is 11.8 Å². The van der Waals surface area contributed by atoms with E-state index in [2.05, 4.69) is 43.0 Å². The van der Waals surface area contributed by atoms with Gasteiger partial charge >= 0.3 is 0 Å². The zero-order chi connectivity index (χ0) is 15.2. The molecule has 1 saturated carbocycles. The highest BCUT2D eigenvalue weighted by Crippen LogP contribution is 2.31. The van der Waals surface area contributed by atoms with Crippen LogP contribution in [0.3, 0.4) is 0 Å². The molecule has 0 saturated heterocycles. The lowest BCUT2D eigenvalue weighted by Gasteiger charge is -2.32. The van der Waals surface area contributed by atoms with Crippen molar-refractivity contribution in [2.75, 3.05) is 11.9 Å². The topological polar surface area (TPSA) is 47.0 Å². The molecule has 1 aliphatic rings. The molecule has 0 aliphatic heterocycles. The van der Waals surface area contributed by atoms with Crippen molar-refractivity contribution in [1.82, 2.24) is 9.97 Å². The summed E-state index contributed by atoms with van der Waals surface area (Å²) < 4.78 is 6.16. The molecule has 0 radical (unpaired) electrons. The summed E-state index contributed by atoms with van der Waals surface area (Å²) in [4.78, 5) is 9.10. The third-order valence-electron chi connectivity index (χ3n) is 4.42. The van der Waals surface area contributed by atoms with Gasteiger partial charge in [-0.05, 0) is 44.4 Å². The second-order valence-electron chi connectivity index (χ2n) is 6.30. The average molecular weight is 291 g/mol. The van der Waals surface area contributed by atoms with E-state index in [4.69, 9.17) is 4.74 Å². The normalized spacial score (nSPS) is 25.6. The minimum absolute atomic E-state index is 0.301. The minimum atomic E-state index is 0.301. The molecule has 3 atom stereocenters. The van der Waals surface area contributed by atoms with Gasteiger partial charge in [0.2, 0.25) is 5.88 Å². The molecular formula is C17H29N3O. The summed E-state index contributed by atoms with van der Waals surface area (Å²) in [5, 5.41) is 3.27. The number of hydrogen-bond acceptors (Lipinski definition) is 4. The molecule has 0 amide bonds. The zero-order valence-electron chi connectivity index (χ0n) is 13.9. The van der Waals surface area contributed by atoms with Crippen LogP contribution in [0.1, 0.15) is 59.2 Å². The predicted molar refractivity (Wildman–Crippen MR) is 86.8 cm³/mol. The quantitative estimate of drug-likeness (QED) is 0.858. The van der Waals surface area contributed by atoms with E-state index in [9.17, 15) is 0 Å². The van der Waals surface area contributed by atoms with E-state index < -0.39 is 0 Å². The highest BCUT2D eigenvalue weighted by Gasteiger charge is 2.26. The standard InChI is InChI=1S/C17H29N3O/c1-5-7-15-19-16(18-6-2)11-17(20-15)21-14-9-8-12(3)13(4)10-14/h11-14H,5-10H2,1-4H3,(H,18,19,20). The van der Waals surface area contributed by atoms with Crippen molar-refractivity contribution in [2.45, 2.75) is 65.9 Å². The Bertz CT molecular complexity index is 425. The van der Waals surface area contributed by atoms with Crippen molar-refractivity contribution in [3.63, 3.8) is 0 Å². The molecule has 4 heteroatoms. The molecule has 0 spiro atoms. The van der Waals surface area contributed by atoms with E-state index in [1.54, 1.807) is 0 Å². The van der Waals surface area contributed by atoms with Crippen molar-refractivity contribution < 1.29 is 4.74 Å². The van der Waals surface area contributed by atoms with Crippen molar-refractivity contribution in [3.8, 4) is 5.88 Å². The van der Waals surface area contributed by atoms with Gasteiger partial charge in [0.15, 0.2) is 0 Å². The maximum absolute atomic E-state index is 6.16. The lowest BCUT2D eigenvalue weighted by molar-refractivity contribution is 0.0961. The van der Waals surface area contributed by atoms with Crippen LogP contribution in [0.2, 0.25) is 0 Å². The molecule has 1 aliphatic carbocycles.